The van der Waals surface area contributed by atoms with Crippen molar-refractivity contribution in [3.05, 3.63) is 77.1 Å². The van der Waals surface area contributed by atoms with Crippen LogP contribution in [0.15, 0.2) is 54.6 Å². The molecule has 0 unspecified atom stereocenters. The Kier molecular flexibility index (Phi) is 5.86. The molecule has 0 bridgehead atoms. The van der Waals surface area contributed by atoms with Crippen molar-refractivity contribution < 1.29 is 13.9 Å². The molecule has 2 aromatic carbocycles. The SMILES string of the molecule is COCc1ccccc1CNC(=O)/C=C/c1cccc(F)c1. The zero-order valence-electron chi connectivity index (χ0n) is 12.4. The molecule has 0 aliphatic rings. The van der Waals surface area contributed by atoms with Gasteiger partial charge < -0.3 is 10.1 Å². The first kappa shape index (κ1) is 15.9. The highest BCUT2D eigenvalue weighted by Crippen LogP contribution is 2.10. The number of rotatable bonds is 6. The standard InChI is InChI=1S/C18H18FNO2/c1-22-13-16-7-3-2-6-15(16)12-20-18(21)10-9-14-5-4-8-17(19)11-14/h2-11H,12-13H2,1H3,(H,20,21)/b10-9+. The Balaban J connectivity index is 1.93. The van der Waals surface area contributed by atoms with Gasteiger partial charge in [-0.2, -0.15) is 0 Å². The third-order valence-electron chi connectivity index (χ3n) is 3.15. The van der Waals surface area contributed by atoms with Crippen molar-refractivity contribution in [3.8, 4) is 0 Å². The number of hydrogen-bond donors (Lipinski definition) is 1. The summed E-state index contributed by atoms with van der Waals surface area (Å²) in [6.07, 6.45) is 2.98. The number of methoxy groups -OCH3 is 1. The summed E-state index contributed by atoms with van der Waals surface area (Å²) < 4.78 is 18.2. The maximum atomic E-state index is 13.0. The molecule has 22 heavy (non-hydrogen) atoms. The fourth-order valence-corrected chi connectivity index (χ4v) is 2.05. The molecule has 1 amide bonds. The van der Waals surface area contributed by atoms with Crippen molar-refractivity contribution >= 4 is 12.0 Å². The second-order valence-corrected chi connectivity index (χ2v) is 4.81. The minimum absolute atomic E-state index is 0.225. The first-order valence-corrected chi connectivity index (χ1v) is 6.96. The van der Waals surface area contributed by atoms with Gasteiger partial charge in [0.25, 0.3) is 0 Å². The number of carbonyl (C=O) groups excluding carboxylic acids is 1. The summed E-state index contributed by atoms with van der Waals surface area (Å²) in [5.41, 5.74) is 2.70. The average molecular weight is 299 g/mol. The first-order valence-electron chi connectivity index (χ1n) is 6.96. The summed E-state index contributed by atoms with van der Waals surface area (Å²) in [6, 6.07) is 13.8. The van der Waals surface area contributed by atoms with Gasteiger partial charge >= 0.3 is 0 Å². The van der Waals surface area contributed by atoms with Crippen molar-refractivity contribution in [1.82, 2.24) is 5.32 Å². The Bertz CT molecular complexity index is 668. The lowest BCUT2D eigenvalue weighted by atomic mass is 10.1. The average Bonchev–Trinajstić information content (AvgIpc) is 2.52. The molecule has 0 aliphatic carbocycles. The Morgan fingerprint density at radius 1 is 1.18 bits per heavy atom. The van der Waals surface area contributed by atoms with Crippen LogP contribution in [0.25, 0.3) is 6.08 Å². The zero-order valence-corrected chi connectivity index (χ0v) is 12.4. The summed E-state index contributed by atoms with van der Waals surface area (Å²) >= 11 is 0. The highest BCUT2D eigenvalue weighted by Gasteiger charge is 2.02. The molecule has 2 rings (SSSR count). The van der Waals surface area contributed by atoms with E-state index in [2.05, 4.69) is 5.32 Å². The van der Waals surface area contributed by atoms with Gasteiger partial charge in [-0.15, -0.1) is 0 Å². The molecular formula is C18H18FNO2. The lowest BCUT2D eigenvalue weighted by molar-refractivity contribution is -0.116. The number of ether oxygens (including phenoxy) is 1. The van der Waals surface area contributed by atoms with Gasteiger partial charge in [0, 0.05) is 19.7 Å². The second-order valence-electron chi connectivity index (χ2n) is 4.81. The van der Waals surface area contributed by atoms with E-state index in [1.54, 1.807) is 25.3 Å². The lowest BCUT2D eigenvalue weighted by Gasteiger charge is -2.08. The summed E-state index contributed by atoms with van der Waals surface area (Å²) in [6.45, 7) is 0.928. The van der Waals surface area contributed by atoms with E-state index in [9.17, 15) is 9.18 Å². The van der Waals surface area contributed by atoms with Crippen LogP contribution in [0.1, 0.15) is 16.7 Å². The van der Waals surface area contributed by atoms with Crippen LogP contribution < -0.4 is 5.32 Å². The number of nitrogens with one attached hydrogen (secondary N) is 1. The molecule has 3 nitrogen and oxygen atoms in total. The summed E-state index contributed by atoms with van der Waals surface area (Å²) in [5, 5.41) is 2.81. The van der Waals surface area contributed by atoms with Crippen LogP contribution in [0, 0.1) is 5.82 Å². The van der Waals surface area contributed by atoms with Gasteiger partial charge in [-0.3, -0.25) is 4.79 Å². The molecule has 114 valence electrons. The van der Waals surface area contributed by atoms with E-state index in [0.717, 1.165) is 11.1 Å². The van der Waals surface area contributed by atoms with E-state index in [4.69, 9.17) is 4.74 Å². The van der Waals surface area contributed by atoms with Gasteiger partial charge in [0.2, 0.25) is 5.91 Å². The largest absolute Gasteiger partial charge is 0.380 e. The maximum Gasteiger partial charge on any atom is 0.244 e. The minimum Gasteiger partial charge on any atom is -0.380 e. The van der Waals surface area contributed by atoms with Gasteiger partial charge in [-0.1, -0.05) is 36.4 Å². The maximum absolute atomic E-state index is 13.0. The molecule has 1 N–H and O–H groups in total. The van der Waals surface area contributed by atoms with Gasteiger partial charge in [0.1, 0.15) is 5.82 Å². The number of benzene rings is 2. The van der Waals surface area contributed by atoms with Gasteiger partial charge in [-0.05, 0) is 34.9 Å². The number of carbonyl (C=O) groups is 1. The molecule has 0 atom stereocenters. The van der Waals surface area contributed by atoms with Crippen molar-refractivity contribution in [1.29, 1.82) is 0 Å². The second kappa shape index (κ2) is 8.10. The number of halogens is 1. The smallest absolute Gasteiger partial charge is 0.244 e. The molecular weight excluding hydrogens is 281 g/mol. The van der Waals surface area contributed by atoms with E-state index in [1.165, 1.54) is 18.2 Å². The minimum atomic E-state index is -0.323. The fraction of sp³-hybridized carbons (Fsp3) is 0.167. The van der Waals surface area contributed by atoms with Crippen LogP contribution in [-0.4, -0.2) is 13.0 Å². The Morgan fingerprint density at radius 3 is 2.68 bits per heavy atom. The van der Waals surface area contributed by atoms with E-state index >= 15 is 0 Å². The highest BCUT2D eigenvalue weighted by atomic mass is 19.1. The predicted octanol–water partition coefficient (Wildman–Crippen LogP) is 3.30. The summed E-state index contributed by atoms with van der Waals surface area (Å²) in [4.78, 5) is 11.8. The molecule has 0 heterocycles. The van der Waals surface area contributed by atoms with Crippen molar-refractivity contribution in [2.75, 3.05) is 7.11 Å². The van der Waals surface area contributed by atoms with Crippen molar-refractivity contribution in [2.24, 2.45) is 0 Å². The van der Waals surface area contributed by atoms with Crippen LogP contribution in [0.3, 0.4) is 0 Å². The molecule has 0 aliphatic heterocycles. The van der Waals surface area contributed by atoms with Gasteiger partial charge in [0.15, 0.2) is 0 Å². The topological polar surface area (TPSA) is 38.3 Å². The normalized spacial score (nSPS) is 10.8. The van der Waals surface area contributed by atoms with E-state index in [-0.39, 0.29) is 11.7 Å². The summed E-state index contributed by atoms with van der Waals surface area (Å²) in [7, 11) is 1.64. The molecule has 0 fully saturated rings. The molecule has 4 heteroatoms. The fourth-order valence-electron chi connectivity index (χ4n) is 2.05. The molecule has 0 saturated heterocycles. The molecule has 0 spiro atoms. The van der Waals surface area contributed by atoms with Crippen molar-refractivity contribution in [3.63, 3.8) is 0 Å². The zero-order chi connectivity index (χ0) is 15.8. The molecule has 0 aromatic heterocycles. The highest BCUT2D eigenvalue weighted by molar-refractivity contribution is 5.91. The molecule has 0 saturated carbocycles. The number of amides is 1. The van der Waals surface area contributed by atoms with E-state index in [0.29, 0.717) is 18.7 Å². The van der Waals surface area contributed by atoms with Crippen LogP contribution in [0.4, 0.5) is 4.39 Å². The van der Waals surface area contributed by atoms with E-state index in [1.807, 2.05) is 24.3 Å². The summed E-state index contributed by atoms with van der Waals surface area (Å²) in [5.74, 6) is -0.549. The van der Waals surface area contributed by atoms with E-state index < -0.39 is 0 Å². The van der Waals surface area contributed by atoms with Crippen LogP contribution in [-0.2, 0) is 22.7 Å². The Labute approximate surface area is 129 Å². The van der Waals surface area contributed by atoms with Crippen LogP contribution in [0.2, 0.25) is 0 Å². The third kappa shape index (κ3) is 4.82. The Hall–Kier alpha value is -2.46. The van der Waals surface area contributed by atoms with Gasteiger partial charge in [-0.25, -0.2) is 4.39 Å². The molecule has 2 aromatic rings. The number of hydrogen-bond acceptors (Lipinski definition) is 2. The Morgan fingerprint density at radius 2 is 1.95 bits per heavy atom. The monoisotopic (exact) mass is 299 g/mol. The van der Waals surface area contributed by atoms with Crippen LogP contribution in [0.5, 0.6) is 0 Å². The first-order chi connectivity index (χ1) is 10.7. The van der Waals surface area contributed by atoms with Crippen molar-refractivity contribution in [2.45, 2.75) is 13.2 Å². The lowest BCUT2D eigenvalue weighted by Crippen LogP contribution is -2.21. The third-order valence-corrected chi connectivity index (χ3v) is 3.15. The van der Waals surface area contributed by atoms with Crippen LogP contribution >= 0.6 is 0 Å². The predicted molar refractivity (Wildman–Crippen MR) is 84.4 cm³/mol. The quantitative estimate of drug-likeness (QED) is 0.831. The molecule has 0 radical (unpaired) electrons. The van der Waals surface area contributed by atoms with Gasteiger partial charge in [0.05, 0.1) is 6.61 Å².